The maximum Gasteiger partial charge on any atom is 0.408 e. The average Bonchev–Trinajstić information content (AvgIpc) is 3.39. The van der Waals surface area contributed by atoms with Crippen molar-refractivity contribution in [1.82, 2.24) is 16.0 Å². The molecule has 3 amide bonds. The monoisotopic (exact) mass is 597 g/mol. The van der Waals surface area contributed by atoms with E-state index in [1.165, 1.54) is 42.5 Å². The summed E-state index contributed by atoms with van der Waals surface area (Å²) >= 11 is 5.96. The lowest BCUT2D eigenvalue weighted by Crippen LogP contribution is -2.52. The minimum absolute atomic E-state index is 0.0159. The van der Waals surface area contributed by atoms with Crippen LogP contribution < -0.4 is 16.0 Å². The molecule has 3 N–H and O–H groups in total. The number of carbonyl (C=O) groups is 4. The first-order valence-electron chi connectivity index (χ1n) is 13.4. The van der Waals surface area contributed by atoms with E-state index >= 15 is 8.78 Å². The maximum atomic E-state index is 15.8. The average molecular weight is 598 g/mol. The smallest absolute Gasteiger partial charge is 0.408 e. The van der Waals surface area contributed by atoms with Crippen molar-refractivity contribution in [2.24, 2.45) is 5.92 Å². The van der Waals surface area contributed by atoms with Crippen LogP contribution in [0.1, 0.15) is 35.6 Å². The molecule has 0 saturated carbocycles. The third-order valence-corrected chi connectivity index (χ3v) is 7.19. The van der Waals surface area contributed by atoms with Gasteiger partial charge in [0.2, 0.25) is 11.8 Å². The van der Waals surface area contributed by atoms with Crippen molar-refractivity contribution in [2.75, 3.05) is 6.54 Å². The summed E-state index contributed by atoms with van der Waals surface area (Å²) in [5.41, 5.74) is 0.234. The van der Waals surface area contributed by atoms with E-state index < -0.39 is 47.6 Å². The molecule has 1 saturated heterocycles. The number of alkyl carbamates (subject to hydrolysis) is 1. The highest BCUT2D eigenvalue weighted by molar-refractivity contribution is 6.30. The normalized spacial score (nSPS) is 16.9. The van der Waals surface area contributed by atoms with Crippen LogP contribution in [0, 0.1) is 5.92 Å². The summed E-state index contributed by atoms with van der Waals surface area (Å²) in [6, 6.07) is 19.0. The number of aldehydes is 1. The molecular weight excluding hydrogens is 568 g/mol. The molecular formula is C31H30ClF2N3O5. The van der Waals surface area contributed by atoms with Gasteiger partial charge in [0.1, 0.15) is 12.3 Å². The lowest BCUT2D eigenvalue weighted by atomic mass is 9.97. The third kappa shape index (κ3) is 7.91. The Morgan fingerprint density at radius 3 is 2.33 bits per heavy atom. The van der Waals surface area contributed by atoms with Crippen molar-refractivity contribution in [3.8, 4) is 0 Å². The molecule has 8 nitrogen and oxygen atoms in total. The number of hydrogen-bond donors (Lipinski definition) is 3. The SMILES string of the molecule is O=C[C@H](C[C@@H]1CCNC1=O)NC(=O)[C@H](Cc1ccccc1)NC(=O)O[C@@H](c1ccccc1)C(F)(F)c1cccc(Cl)c1. The van der Waals surface area contributed by atoms with Crippen molar-refractivity contribution >= 4 is 35.8 Å². The first-order valence-corrected chi connectivity index (χ1v) is 13.8. The van der Waals surface area contributed by atoms with E-state index in [2.05, 4.69) is 16.0 Å². The summed E-state index contributed by atoms with van der Waals surface area (Å²) in [6.45, 7) is 0.482. The van der Waals surface area contributed by atoms with Crippen LogP contribution >= 0.6 is 11.6 Å². The molecule has 1 heterocycles. The Balaban J connectivity index is 1.55. The first kappa shape index (κ1) is 30.6. The number of halogens is 3. The molecule has 0 bridgehead atoms. The van der Waals surface area contributed by atoms with Gasteiger partial charge in [0.05, 0.1) is 6.04 Å². The number of nitrogens with one attached hydrogen (secondary N) is 3. The first-order chi connectivity index (χ1) is 20.2. The summed E-state index contributed by atoms with van der Waals surface area (Å²) in [7, 11) is 0. The number of benzene rings is 3. The Bertz CT molecular complexity index is 1390. The largest absolute Gasteiger partial charge is 0.434 e. The van der Waals surface area contributed by atoms with Gasteiger partial charge < -0.3 is 25.5 Å². The van der Waals surface area contributed by atoms with E-state index in [-0.39, 0.29) is 29.3 Å². The third-order valence-electron chi connectivity index (χ3n) is 6.95. The second-order valence-electron chi connectivity index (χ2n) is 9.98. The molecule has 11 heteroatoms. The maximum absolute atomic E-state index is 15.8. The molecule has 4 rings (SSSR count). The van der Waals surface area contributed by atoms with E-state index in [4.69, 9.17) is 16.3 Å². The standard InChI is InChI=1S/C31H30ClF2N3O5/c32-24-13-7-12-23(18-24)31(33,34)27(21-10-5-2-6-11-21)42-30(41)37-26(16-20-8-3-1-4-9-20)29(40)36-25(19-38)17-22-14-15-35-28(22)39/h1-13,18-19,22,25-27H,14-17H2,(H,35,39)(H,36,40)(H,37,41)/t22-,25-,26-,27-/m0/s1. The van der Waals surface area contributed by atoms with Crippen LogP contribution in [0.2, 0.25) is 5.02 Å². The van der Waals surface area contributed by atoms with Crippen LogP contribution in [-0.4, -0.2) is 42.8 Å². The minimum atomic E-state index is -3.69. The van der Waals surface area contributed by atoms with Gasteiger partial charge in [0.15, 0.2) is 6.10 Å². The molecule has 1 fully saturated rings. The molecule has 42 heavy (non-hydrogen) atoms. The molecule has 0 aliphatic carbocycles. The van der Waals surface area contributed by atoms with Gasteiger partial charge >= 0.3 is 12.0 Å². The summed E-state index contributed by atoms with van der Waals surface area (Å²) in [6.07, 6.45) is -2.19. The van der Waals surface area contributed by atoms with Crippen molar-refractivity contribution in [3.05, 3.63) is 107 Å². The van der Waals surface area contributed by atoms with Gasteiger partial charge in [-0.3, -0.25) is 9.59 Å². The van der Waals surface area contributed by atoms with Gasteiger partial charge in [-0.15, -0.1) is 0 Å². The molecule has 4 atom stereocenters. The Morgan fingerprint density at radius 2 is 1.71 bits per heavy atom. The molecule has 0 radical (unpaired) electrons. The minimum Gasteiger partial charge on any atom is -0.434 e. The van der Waals surface area contributed by atoms with E-state index in [1.54, 1.807) is 36.4 Å². The Kier molecular flexibility index (Phi) is 10.2. The van der Waals surface area contributed by atoms with Gasteiger partial charge in [0.25, 0.3) is 0 Å². The number of carbonyl (C=O) groups excluding carboxylic acids is 4. The van der Waals surface area contributed by atoms with Crippen LogP contribution in [0.5, 0.6) is 0 Å². The van der Waals surface area contributed by atoms with Crippen molar-refractivity contribution < 1.29 is 32.7 Å². The van der Waals surface area contributed by atoms with Crippen molar-refractivity contribution in [2.45, 2.75) is 43.4 Å². The van der Waals surface area contributed by atoms with Crippen LogP contribution in [-0.2, 0) is 31.5 Å². The van der Waals surface area contributed by atoms with Gasteiger partial charge in [-0.2, -0.15) is 8.78 Å². The van der Waals surface area contributed by atoms with Crippen molar-refractivity contribution in [1.29, 1.82) is 0 Å². The van der Waals surface area contributed by atoms with Gasteiger partial charge in [-0.05, 0) is 36.1 Å². The van der Waals surface area contributed by atoms with E-state index in [9.17, 15) is 19.2 Å². The van der Waals surface area contributed by atoms with Crippen LogP contribution in [0.3, 0.4) is 0 Å². The van der Waals surface area contributed by atoms with E-state index in [0.717, 1.165) is 6.07 Å². The number of amides is 3. The molecule has 0 spiro atoms. The van der Waals surface area contributed by atoms with E-state index in [0.29, 0.717) is 24.8 Å². The second kappa shape index (κ2) is 14.0. The number of hydrogen-bond acceptors (Lipinski definition) is 5. The summed E-state index contributed by atoms with van der Waals surface area (Å²) in [5.74, 6) is -5.06. The van der Waals surface area contributed by atoms with Crippen LogP contribution in [0.25, 0.3) is 0 Å². The predicted molar refractivity (Wildman–Crippen MR) is 152 cm³/mol. The molecule has 3 aromatic rings. The predicted octanol–water partition coefficient (Wildman–Crippen LogP) is 4.72. The Morgan fingerprint density at radius 1 is 1.02 bits per heavy atom. The molecule has 0 unspecified atom stereocenters. The number of ether oxygens (including phenoxy) is 1. The number of alkyl halides is 2. The zero-order chi connectivity index (χ0) is 30.1. The summed E-state index contributed by atoms with van der Waals surface area (Å²) in [5, 5.41) is 7.74. The zero-order valence-corrected chi connectivity index (χ0v) is 23.2. The Labute approximate surface area is 246 Å². The van der Waals surface area contributed by atoms with Crippen molar-refractivity contribution in [3.63, 3.8) is 0 Å². The number of rotatable bonds is 12. The van der Waals surface area contributed by atoms with Gasteiger partial charge in [-0.1, -0.05) is 84.4 Å². The van der Waals surface area contributed by atoms with Gasteiger partial charge in [-0.25, -0.2) is 4.79 Å². The highest BCUT2D eigenvalue weighted by Crippen LogP contribution is 2.43. The molecule has 3 aromatic carbocycles. The fourth-order valence-electron chi connectivity index (χ4n) is 4.78. The molecule has 1 aliphatic heterocycles. The van der Waals surface area contributed by atoms with E-state index in [1.807, 2.05) is 0 Å². The van der Waals surface area contributed by atoms with Crippen LogP contribution in [0.15, 0.2) is 84.9 Å². The quantitative estimate of drug-likeness (QED) is 0.262. The Hall–Kier alpha value is -4.31. The topological polar surface area (TPSA) is 114 Å². The molecule has 220 valence electrons. The highest BCUT2D eigenvalue weighted by atomic mass is 35.5. The lowest BCUT2D eigenvalue weighted by molar-refractivity contribution is -0.128. The second-order valence-corrected chi connectivity index (χ2v) is 10.4. The molecule has 1 aliphatic rings. The fraction of sp³-hybridized carbons (Fsp3) is 0.290. The summed E-state index contributed by atoms with van der Waals surface area (Å²) < 4.78 is 37.0. The van der Waals surface area contributed by atoms with Gasteiger partial charge in [0, 0.05) is 29.5 Å². The highest BCUT2D eigenvalue weighted by Gasteiger charge is 2.46. The fourth-order valence-corrected chi connectivity index (χ4v) is 4.97. The molecule has 0 aromatic heterocycles. The van der Waals surface area contributed by atoms with Crippen LogP contribution in [0.4, 0.5) is 13.6 Å². The zero-order valence-electron chi connectivity index (χ0n) is 22.5. The lowest BCUT2D eigenvalue weighted by Gasteiger charge is -2.29. The summed E-state index contributed by atoms with van der Waals surface area (Å²) in [4.78, 5) is 50.2.